The van der Waals surface area contributed by atoms with Gasteiger partial charge in [-0.15, -0.1) is 5.10 Å². The largest absolute Gasteiger partial charge is 0.387 e. The Morgan fingerprint density at radius 2 is 2.56 bits per heavy atom. The number of aromatic nitrogens is 3. The van der Waals surface area contributed by atoms with Crippen LogP contribution in [0.3, 0.4) is 0 Å². The van der Waals surface area contributed by atoms with E-state index in [9.17, 15) is 0 Å². The highest BCUT2D eigenvalue weighted by molar-refractivity contribution is 7.80. The van der Waals surface area contributed by atoms with E-state index in [1.54, 1.807) is 11.0 Å². The van der Waals surface area contributed by atoms with Crippen molar-refractivity contribution in [3.8, 4) is 0 Å². The van der Waals surface area contributed by atoms with E-state index in [1.807, 2.05) is 0 Å². The van der Waals surface area contributed by atoms with Crippen molar-refractivity contribution in [1.29, 1.82) is 0 Å². The molecular formula is C9H15N5OS. The van der Waals surface area contributed by atoms with Gasteiger partial charge in [0.15, 0.2) is 0 Å². The molecule has 1 atom stereocenters. The predicted molar refractivity (Wildman–Crippen MR) is 63.1 cm³/mol. The molecule has 0 amide bonds. The van der Waals surface area contributed by atoms with Gasteiger partial charge in [-0.1, -0.05) is 12.2 Å². The Bertz CT molecular complexity index is 380. The van der Waals surface area contributed by atoms with Gasteiger partial charge in [-0.25, -0.2) is 9.67 Å². The summed E-state index contributed by atoms with van der Waals surface area (Å²) in [4.78, 5) is 6.48. The van der Waals surface area contributed by atoms with Crippen molar-refractivity contribution in [2.24, 2.45) is 5.73 Å². The standard InChI is InChI=1S/C9H15N5OS/c1-13-2-3-15-7(4-13)5-14-6-11-9(12-14)8(10)16/h6-7H,2-5H2,1H3,(H2,10,16). The zero-order valence-electron chi connectivity index (χ0n) is 9.17. The highest BCUT2D eigenvalue weighted by Gasteiger charge is 2.18. The van der Waals surface area contributed by atoms with Crippen LogP contribution in [0.25, 0.3) is 0 Å². The molecule has 0 radical (unpaired) electrons. The third-order valence-electron chi connectivity index (χ3n) is 2.49. The van der Waals surface area contributed by atoms with Crippen molar-refractivity contribution in [3.05, 3.63) is 12.2 Å². The molecule has 1 unspecified atom stereocenters. The first-order valence-corrected chi connectivity index (χ1v) is 5.55. The van der Waals surface area contributed by atoms with Crippen molar-refractivity contribution in [3.63, 3.8) is 0 Å². The first kappa shape index (κ1) is 11.4. The topological polar surface area (TPSA) is 69.2 Å². The molecule has 2 rings (SSSR count). The van der Waals surface area contributed by atoms with Gasteiger partial charge in [0, 0.05) is 13.1 Å². The Balaban J connectivity index is 1.95. The Labute approximate surface area is 99.4 Å². The molecule has 0 saturated carbocycles. The molecule has 6 nitrogen and oxygen atoms in total. The lowest BCUT2D eigenvalue weighted by Gasteiger charge is -2.29. The van der Waals surface area contributed by atoms with Crippen LogP contribution in [0.5, 0.6) is 0 Å². The molecule has 2 heterocycles. The van der Waals surface area contributed by atoms with E-state index in [-0.39, 0.29) is 11.1 Å². The third kappa shape index (κ3) is 2.75. The second kappa shape index (κ2) is 4.86. The maximum atomic E-state index is 5.63. The van der Waals surface area contributed by atoms with Crippen LogP contribution in [0.1, 0.15) is 5.82 Å². The molecule has 2 N–H and O–H groups in total. The van der Waals surface area contributed by atoms with E-state index >= 15 is 0 Å². The molecule has 1 saturated heterocycles. The Hall–Kier alpha value is -1.05. The van der Waals surface area contributed by atoms with Crippen LogP contribution >= 0.6 is 12.2 Å². The molecule has 1 aliphatic rings. The predicted octanol–water partition coefficient (Wildman–Crippen LogP) is -0.757. The zero-order chi connectivity index (χ0) is 11.5. The quantitative estimate of drug-likeness (QED) is 0.702. The van der Waals surface area contributed by atoms with Crippen molar-refractivity contribution in [2.45, 2.75) is 12.6 Å². The molecule has 1 aromatic heterocycles. The van der Waals surface area contributed by atoms with E-state index in [0.29, 0.717) is 12.4 Å². The lowest BCUT2D eigenvalue weighted by Crippen LogP contribution is -2.42. The van der Waals surface area contributed by atoms with Gasteiger partial charge in [0.2, 0.25) is 5.82 Å². The van der Waals surface area contributed by atoms with Crippen LogP contribution in [-0.2, 0) is 11.3 Å². The molecule has 16 heavy (non-hydrogen) atoms. The van der Waals surface area contributed by atoms with E-state index in [0.717, 1.165) is 19.7 Å². The van der Waals surface area contributed by atoms with Gasteiger partial charge in [-0.05, 0) is 7.05 Å². The molecule has 1 aliphatic heterocycles. The number of ether oxygens (including phenoxy) is 1. The molecule has 88 valence electrons. The summed E-state index contributed by atoms with van der Waals surface area (Å²) in [5.41, 5.74) is 5.44. The monoisotopic (exact) mass is 241 g/mol. The van der Waals surface area contributed by atoms with E-state index < -0.39 is 0 Å². The van der Waals surface area contributed by atoms with E-state index in [4.69, 9.17) is 22.7 Å². The lowest BCUT2D eigenvalue weighted by atomic mass is 10.3. The fourth-order valence-electron chi connectivity index (χ4n) is 1.68. The number of hydrogen-bond donors (Lipinski definition) is 1. The van der Waals surface area contributed by atoms with E-state index in [2.05, 4.69) is 22.0 Å². The van der Waals surface area contributed by atoms with Gasteiger partial charge in [0.1, 0.15) is 11.3 Å². The summed E-state index contributed by atoms with van der Waals surface area (Å²) >= 11 is 4.80. The van der Waals surface area contributed by atoms with Gasteiger partial charge < -0.3 is 15.4 Å². The molecular weight excluding hydrogens is 226 g/mol. The molecule has 0 aromatic carbocycles. The van der Waals surface area contributed by atoms with Crippen LogP contribution in [0.2, 0.25) is 0 Å². The van der Waals surface area contributed by atoms with Gasteiger partial charge in [0.25, 0.3) is 0 Å². The molecule has 0 spiro atoms. The number of nitrogens with two attached hydrogens (primary N) is 1. The summed E-state index contributed by atoms with van der Waals surface area (Å²) in [6.45, 7) is 3.33. The SMILES string of the molecule is CN1CCOC(Cn2cnc(C(N)=S)n2)C1. The summed E-state index contributed by atoms with van der Waals surface area (Å²) < 4.78 is 7.35. The average molecular weight is 241 g/mol. The normalized spacial score (nSPS) is 22.2. The molecule has 7 heteroatoms. The first-order chi connectivity index (χ1) is 7.65. The molecule has 1 fully saturated rings. The maximum absolute atomic E-state index is 5.63. The van der Waals surface area contributed by atoms with Crippen LogP contribution in [0, 0.1) is 0 Å². The third-order valence-corrected chi connectivity index (χ3v) is 2.67. The fraction of sp³-hybridized carbons (Fsp3) is 0.667. The van der Waals surface area contributed by atoms with Crippen molar-refractivity contribution >= 4 is 17.2 Å². The van der Waals surface area contributed by atoms with Crippen LogP contribution in [-0.4, -0.2) is 57.5 Å². The fourth-order valence-corrected chi connectivity index (χ4v) is 1.77. The number of thiocarbonyl (C=S) groups is 1. The van der Waals surface area contributed by atoms with Crippen LogP contribution < -0.4 is 5.73 Å². The van der Waals surface area contributed by atoms with Crippen molar-refractivity contribution in [2.75, 3.05) is 26.7 Å². The molecule has 0 aliphatic carbocycles. The summed E-state index contributed by atoms with van der Waals surface area (Å²) in [6.07, 6.45) is 1.78. The Kier molecular flexibility index (Phi) is 3.47. The van der Waals surface area contributed by atoms with E-state index in [1.165, 1.54) is 0 Å². The van der Waals surface area contributed by atoms with Gasteiger partial charge in [-0.2, -0.15) is 0 Å². The van der Waals surface area contributed by atoms with Crippen molar-refractivity contribution in [1.82, 2.24) is 19.7 Å². The second-order valence-electron chi connectivity index (χ2n) is 3.91. The van der Waals surface area contributed by atoms with Gasteiger partial charge >= 0.3 is 0 Å². The van der Waals surface area contributed by atoms with Gasteiger partial charge in [-0.3, -0.25) is 0 Å². The minimum atomic E-state index is 0.152. The first-order valence-electron chi connectivity index (χ1n) is 5.14. The minimum Gasteiger partial charge on any atom is -0.387 e. The molecule has 0 bridgehead atoms. The number of hydrogen-bond acceptors (Lipinski definition) is 5. The van der Waals surface area contributed by atoms with Gasteiger partial charge in [0.05, 0.1) is 19.3 Å². The van der Waals surface area contributed by atoms with Crippen LogP contribution in [0.15, 0.2) is 6.33 Å². The minimum absolute atomic E-state index is 0.152. The van der Waals surface area contributed by atoms with Crippen LogP contribution in [0.4, 0.5) is 0 Å². The number of morpholine rings is 1. The van der Waals surface area contributed by atoms with Crippen molar-refractivity contribution < 1.29 is 4.74 Å². The summed E-state index contributed by atoms with van der Waals surface area (Å²) in [5.74, 6) is 0.416. The second-order valence-corrected chi connectivity index (χ2v) is 4.35. The smallest absolute Gasteiger partial charge is 0.208 e. The summed E-state index contributed by atoms with van der Waals surface area (Å²) in [7, 11) is 2.08. The highest BCUT2D eigenvalue weighted by atomic mass is 32.1. The summed E-state index contributed by atoms with van der Waals surface area (Å²) in [6, 6.07) is 0. The zero-order valence-corrected chi connectivity index (χ0v) is 9.98. The highest BCUT2D eigenvalue weighted by Crippen LogP contribution is 2.05. The lowest BCUT2D eigenvalue weighted by molar-refractivity contribution is -0.0290. The number of likely N-dealkylation sites (N-methyl/N-ethyl adjacent to an activating group) is 1. The average Bonchev–Trinajstić information content (AvgIpc) is 2.66. The summed E-state index contributed by atoms with van der Waals surface area (Å²) in [5, 5.41) is 4.17. The Morgan fingerprint density at radius 1 is 1.75 bits per heavy atom. The maximum Gasteiger partial charge on any atom is 0.208 e. The number of nitrogens with zero attached hydrogens (tertiary/aromatic N) is 4. The Morgan fingerprint density at radius 3 is 3.19 bits per heavy atom. The number of rotatable bonds is 3. The molecule has 1 aromatic rings.